The van der Waals surface area contributed by atoms with Gasteiger partial charge >= 0.3 is 12.0 Å². The van der Waals surface area contributed by atoms with E-state index in [-0.39, 0.29) is 36.0 Å². The number of amides is 3. The number of hydrogen-bond donors (Lipinski definition) is 6. The molecule has 11 heteroatoms. The van der Waals surface area contributed by atoms with Gasteiger partial charge < -0.3 is 31.0 Å². The van der Waals surface area contributed by atoms with Crippen LogP contribution < -0.4 is 26.6 Å². The first kappa shape index (κ1) is 33.2. The Morgan fingerprint density at radius 3 is 2.68 bits per heavy atom. The van der Waals surface area contributed by atoms with E-state index in [1.165, 1.54) is 12.7 Å². The van der Waals surface area contributed by atoms with Gasteiger partial charge in [0.25, 0.3) is 0 Å². The number of carbonyl (C=O) groups is 3. The van der Waals surface area contributed by atoms with Crippen molar-refractivity contribution in [3.63, 3.8) is 0 Å². The highest BCUT2D eigenvalue weighted by molar-refractivity contribution is 8.00. The quantitative estimate of drug-likeness (QED) is 0.0754. The number of aromatic nitrogens is 1. The number of benzene rings is 2. The summed E-state index contributed by atoms with van der Waals surface area (Å²) in [5, 5.41) is 17.8. The van der Waals surface area contributed by atoms with Gasteiger partial charge in [-0.1, -0.05) is 49.6 Å². The number of ether oxygens (including phenoxy) is 1. The van der Waals surface area contributed by atoms with Crippen molar-refractivity contribution in [2.45, 2.75) is 100 Å². The lowest BCUT2D eigenvalue weighted by Gasteiger charge is -2.30. The molecule has 2 fully saturated rings. The number of urea groups is 1. The zero-order valence-electron chi connectivity index (χ0n) is 27.4. The van der Waals surface area contributed by atoms with E-state index in [1.807, 2.05) is 23.9 Å². The van der Waals surface area contributed by atoms with Crippen LogP contribution in [0, 0.1) is 0 Å². The van der Waals surface area contributed by atoms with E-state index < -0.39 is 6.04 Å². The van der Waals surface area contributed by atoms with Crippen molar-refractivity contribution in [1.82, 2.24) is 26.3 Å². The smallest absolute Gasteiger partial charge is 0.323 e. The first-order valence-corrected chi connectivity index (χ1v) is 18.2. The first-order valence-electron chi connectivity index (χ1n) is 17.1. The van der Waals surface area contributed by atoms with Gasteiger partial charge in [-0.15, -0.1) is 0 Å². The second kappa shape index (κ2) is 15.5. The monoisotopic (exact) mass is 660 g/mol. The molecule has 252 valence electrons. The number of unbranched alkanes of at least 4 members (excludes halogenated alkanes) is 3. The highest BCUT2D eigenvalue weighted by Gasteiger charge is 2.42. The van der Waals surface area contributed by atoms with Gasteiger partial charge in [0.15, 0.2) is 0 Å². The zero-order chi connectivity index (χ0) is 32.8. The molecule has 3 aromatic rings. The molecule has 0 radical (unpaired) electrons. The van der Waals surface area contributed by atoms with Gasteiger partial charge in [-0.05, 0) is 61.9 Å². The molecule has 0 saturated carbocycles. The lowest BCUT2D eigenvalue weighted by molar-refractivity contribution is -0.143. The molecule has 6 atom stereocenters. The molecule has 4 heterocycles. The van der Waals surface area contributed by atoms with E-state index in [9.17, 15) is 14.4 Å². The minimum absolute atomic E-state index is 0.0446. The molecule has 47 heavy (non-hydrogen) atoms. The number of carbonyl (C=O) groups excluding carboxylic acids is 3. The van der Waals surface area contributed by atoms with Gasteiger partial charge in [0, 0.05) is 58.7 Å². The fourth-order valence-electron chi connectivity index (χ4n) is 7.26. The Morgan fingerprint density at radius 2 is 1.85 bits per heavy atom. The number of H-pyrrole nitrogens is 1. The van der Waals surface area contributed by atoms with Gasteiger partial charge in [0.05, 0.1) is 25.2 Å². The van der Waals surface area contributed by atoms with E-state index in [4.69, 9.17) is 4.74 Å². The summed E-state index contributed by atoms with van der Waals surface area (Å²) in [4.78, 5) is 39.9. The summed E-state index contributed by atoms with van der Waals surface area (Å²) in [5.74, 6) is 0.869. The van der Waals surface area contributed by atoms with Crippen LogP contribution in [0.25, 0.3) is 10.9 Å². The van der Waals surface area contributed by atoms with E-state index in [1.54, 1.807) is 0 Å². The summed E-state index contributed by atoms with van der Waals surface area (Å²) >= 11 is 1.93. The van der Waals surface area contributed by atoms with E-state index >= 15 is 0 Å². The molecule has 2 aromatic carbocycles. The number of fused-ring (bicyclic) bond motifs is 4. The average Bonchev–Trinajstić information content (AvgIpc) is 3.76. The van der Waals surface area contributed by atoms with Gasteiger partial charge in [0.2, 0.25) is 5.91 Å². The van der Waals surface area contributed by atoms with E-state index in [0.717, 1.165) is 85.1 Å². The number of aromatic amines is 1. The highest BCUT2D eigenvalue weighted by Crippen LogP contribution is 2.36. The number of methoxy groups -OCH3 is 1. The Labute approximate surface area is 281 Å². The van der Waals surface area contributed by atoms with E-state index in [0.29, 0.717) is 24.1 Å². The number of rotatable bonds is 15. The zero-order valence-corrected chi connectivity index (χ0v) is 28.2. The van der Waals surface area contributed by atoms with Crippen molar-refractivity contribution < 1.29 is 19.1 Å². The summed E-state index contributed by atoms with van der Waals surface area (Å²) in [6.45, 7) is 2.93. The van der Waals surface area contributed by atoms with Crippen LogP contribution in [0.4, 0.5) is 10.5 Å². The number of anilines is 1. The molecule has 3 amide bonds. The highest BCUT2D eigenvalue weighted by atomic mass is 32.2. The number of hydrogen-bond acceptors (Lipinski definition) is 7. The van der Waals surface area contributed by atoms with Crippen LogP contribution in [-0.4, -0.2) is 71.7 Å². The topological polar surface area (TPSA) is 136 Å². The van der Waals surface area contributed by atoms with Crippen LogP contribution in [0.2, 0.25) is 0 Å². The fourth-order valence-corrected chi connectivity index (χ4v) is 8.81. The standard InChI is InChI=1S/C36H48N6O4S/c1-22(10-4-3-9-19-37-31(43)14-8-7-13-30-34-29(21-47-30)41-36(45)42-34)38-24-17-15-23(16-18-24)32-33-26(20-28(40-32)35(44)46-2)25-11-5-6-12-27(25)39-33/h5-6,11-12,15-18,22,28-30,32,34,38-40H,3-4,7-10,13-14,19-21H2,1-2H3,(H,37,43)(H2,41,42,45). The van der Waals surface area contributed by atoms with Crippen LogP contribution in [0.15, 0.2) is 48.5 Å². The Bertz CT molecular complexity index is 1540. The summed E-state index contributed by atoms with van der Waals surface area (Å²) in [6, 6.07) is 17.0. The maximum absolute atomic E-state index is 12.5. The second-order valence-electron chi connectivity index (χ2n) is 13.2. The number of para-hydroxylation sites is 1. The Kier molecular flexibility index (Phi) is 10.9. The second-order valence-corrected chi connectivity index (χ2v) is 14.4. The normalized spacial score (nSPS) is 23.8. The average molecular weight is 661 g/mol. The summed E-state index contributed by atoms with van der Waals surface area (Å²) in [5.41, 5.74) is 5.51. The molecule has 6 N–H and O–H groups in total. The van der Waals surface area contributed by atoms with E-state index in [2.05, 4.69) is 74.9 Å². The van der Waals surface area contributed by atoms with Gasteiger partial charge in [-0.3, -0.25) is 14.9 Å². The molecule has 3 aliphatic heterocycles. The minimum atomic E-state index is -0.404. The summed E-state index contributed by atoms with van der Waals surface area (Å²) < 4.78 is 5.10. The van der Waals surface area contributed by atoms with Crippen molar-refractivity contribution in [2.24, 2.45) is 0 Å². The SMILES string of the molecule is COC(=O)C1Cc2c([nH]c3ccccc23)C(c2ccc(NC(C)CCCCCNC(=O)CCCCC3SCC4NC(=O)NC43)cc2)N1. The van der Waals surface area contributed by atoms with Crippen LogP contribution in [0.5, 0.6) is 0 Å². The third kappa shape index (κ3) is 8.06. The molecule has 0 aliphatic carbocycles. The molecule has 0 bridgehead atoms. The van der Waals surface area contributed by atoms with Crippen molar-refractivity contribution >= 4 is 46.3 Å². The first-order chi connectivity index (χ1) is 22.9. The number of nitrogens with one attached hydrogen (secondary N) is 6. The van der Waals surface area contributed by atoms with Crippen molar-refractivity contribution in [3.8, 4) is 0 Å². The van der Waals surface area contributed by atoms with Gasteiger partial charge in [-0.2, -0.15) is 11.8 Å². The number of esters is 1. The molecule has 0 spiro atoms. The molecular formula is C36H48N6O4S. The Hall–Kier alpha value is -3.70. The predicted octanol–water partition coefficient (Wildman–Crippen LogP) is 5.15. The van der Waals surface area contributed by atoms with Crippen molar-refractivity contribution in [3.05, 3.63) is 65.4 Å². The summed E-state index contributed by atoms with van der Waals surface area (Å²) in [7, 11) is 1.44. The maximum Gasteiger partial charge on any atom is 0.323 e. The van der Waals surface area contributed by atoms with Gasteiger partial charge in [0.1, 0.15) is 6.04 Å². The fraction of sp³-hybridized carbons (Fsp3) is 0.528. The predicted molar refractivity (Wildman–Crippen MR) is 188 cm³/mol. The minimum Gasteiger partial charge on any atom is -0.468 e. The molecule has 2 saturated heterocycles. The van der Waals surface area contributed by atoms with Crippen LogP contribution >= 0.6 is 11.8 Å². The molecule has 10 nitrogen and oxygen atoms in total. The molecule has 6 rings (SSSR count). The van der Waals surface area contributed by atoms with Gasteiger partial charge in [-0.25, -0.2) is 4.79 Å². The molecule has 1 aromatic heterocycles. The van der Waals surface area contributed by atoms with Crippen LogP contribution in [0.1, 0.15) is 81.2 Å². The maximum atomic E-state index is 12.5. The number of thioether (sulfide) groups is 1. The Balaban J connectivity index is 0.879. The lowest BCUT2D eigenvalue weighted by atomic mass is 9.90. The Morgan fingerprint density at radius 1 is 1.02 bits per heavy atom. The molecular weight excluding hydrogens is 613 g/mol. The molecule has 3 aliphatic rings. The van der Waals surface area contributed by atoms with Crippen molar-refractivity contribution in [1.29, 1.82) is 0 Å². The third-order valence-electron chi connectivity index (χ3n) is 9.77. The van der Waals surface area contributed by atoms with Crippen LogP contribution in [-0.2, 0) is 20.7 Å². The third-order valence-corrected chi connectivity index (χ3v) is 11.3. The van der Waals surface area contributed by atoms with Crippen molar-refractivity contribution in [2.75, 3.05) is 24.7 Å². The lowest BCUT2D eigenvalue weighted by Crippen LogP contribution is -2.45. The van der Waals surface area contributed by atoms with Crippen LogP contribution in [0.3, 0.4) is 0 Å². The largest absolute Gasteiger partial charge is 0.468 e. The summed E-state index contributed by atoms with van der Waals surface area (Å²) in [6.07, 6.45) is 8.31. The molecule has 6 unspecified atom stereocenters.